The van der Waals surface area contributed by atoms with Gasteiger partial charge in [-0.1, -0.05) is 64.5 Å². The third-order valence-electron chi connectivity index (χ3n) is 6.89. The van der Waals surface area contributed by atoms with Crippen LogP contribution in [0.4, 0.5) is 5.82 Å². The van der Waals surface area contributed by atoms with Crippen LogP contribution < -0.4 is 4.90 Å². The van der Waals surface area contributed by atoms with Gasteiger partial charge in [0.15, 0.2) is 5.65 Å². The topological polar surface area (TPSA) is 67.2 Å². The van der Waals surface area contributed by atoms with E-state index < -0.39 is 0 Å². The van der Waals surface area contributed by atoms with Crippen molar-refractivity contribution in [2.45, 2.75) is 13.3 Å². The minimum Gasteiger partial charge on any atom is -0.352 e. The highest BCUT2D eigenvalue weighted by Crippen LogP contribution is 2.30. The molecule has 3 heterocycles. The molecule has 0 unspecified atom stereocenters. The summed E-state index contributed by atoms with van der Waals surface area (Å²) in [6.45, 7) is 4.64. The normalized spacial score (nSPS) is 13.7. The number of piperazine rings is 1. The first-order chi connectivity index (χ1) is 18.6. The van der Waals surface area contributed by atoms with Gasteiger partial charge in [-0.3, -0.25) is 4.79 Å². The molecule has 0 bridgehead atoms. The van der Waals surface area contributed by atoms with E-state index >= 15 is 0 Å². The number of carbonyl (C=O) groups is 1. The van der Waals surface area contributed by atoms with Gasteiger partial charge in [-0.05, 0) is 48.9 Å². The molecule has 1 fully saturated rings. The Labute approximate surface area is 229 Å². The maximum Gasteiger partial charge on any atom is 0.253 e. The van der Waals surface area contributed by atoms with Crippen molar-refractivity contribution < 1.29 is 4.79 Å². The largest absolute Gasteiger partial charge is 0.352 e. The molecule has 6 rings (SSSR count). The molecule has 1 aliphatic heterocycles. The van der Waals surface area contributed by atoms with E-state index in [0.717, 1.165) is 44.1 Å². The molecule has 1 saturated heterocycles. The standard InChI is InChI=1S/C30H27BrN6O/c1-21-27-28(35-16-18-36(19-17-35)30(38)23-12-14-24(31)15-13-23)32-26(20-22-8-4-2-5-9-22)33-29(27)37(34-21)25-10-6-3-7-11-25/h2-15H,16-20H2,1H3. The van der Waals surface area contributed by atoms with Crippen LogP contribution in [0.2, 0.25) is 0 Å². The summed E-state index contributed by atoms with van der Waals surface area (Å²) in [6, 6.07) is 27.9. The van der Waals surface area contributed by atoms with Gasteiger partial charge in [-0.25, -0.2) is 14.6 Å². The average molecular weight is 567 g/mol. The third-order valence-corrected chi connectivity index (χ3v) is 7.42. The Hall–Kier alpha value is -4.04. The van der Waals surface area contributed by atoms with Crippen LogP contribution >= 0.6 is 15.9 Å². The highest BCUT2D eigenvalue weighted by Gasteiger charge is 2.27. The molecule has 0 aliphatic carbocycles. The number of hydrogen-bond donors (Lipinski definition) is 0. The number of fused-ring (bicyclic) bond motifs is 1. The van der Waals surface area contributed by atoms with Gasteiger partial charge >= 0.3 is 0 Å². The average Bonchev–Trinajstić information content (AvgIpc) is 3.30. The van der Waals surface area contributed by atoms with E-state index in [9.17, 15) is 4.79 Å². The molecular formula is C30H27BrN6O. The van der Waals surface area contributed by atoms with Crippen molar-refractivity contribution in [3.05, 3.63) is 112 Å². The summed E-state index contributed by atoms with van der Waals surface area (Å²) in [5.74, 6) is 1.70. The lowest BCUT2D eigenvalue weighted by atomic mass is 10.1. The van der Waals surface area contributed by atoms with E-state index in [1.165, 1.54) is 0 Å². The van der Waals surface area contributed by atoms with Crippen LogP contribution in [0.1, 0.15) is 27.4 Å². The lowest BCUT2D eigenvalue weighted by molar-refractivity contribution is 0.0746. The first kappa shape index (κ1) is 24.3. The van der Waals surface area contributed by atoms with Crippen LogP contribution in [-0.4, -0.2) is 56.7 Å². The summed E-state index contributed by atoms with van der Waals surface area (Å²) in [6.07, 6.45) is 0.630. The Morgan fingerprint density at radius 2 is 1.50 bits per heavy atom. The number of aryl methyl sites for hydroxylation is 1. The molecule has 8 heteroatoms. The predicted octanol–water partition coefficient (Wildman–Crippen LogP) is 5.44. The van der Waals surface area contributed by atoms with Gasteiger partial charge in [0.25, 0.3) is 5.91 Å². The zero-order chi connectivity index (χ0) is 26.1. The van der Waals surface area contributed by atoms with E-state index in [-0.39, 0.29) is 5.91 Å². The number of anilines is 1. The number of hydrogen-bond acceptors (Lipinski definition) is 5. The molecule has 0 spiro atoms. The highest BCUT2D eigenvalue weighted by atomic mass is 79.9. The Kier molecular flexibility index (Phi) is 6.64. The molecule has 7 nitrogen and oxygen atoms in total. The van der Waals surface area contributed by atoms with E-state index in [4.69, 9.17) is 15.1 Å². The van der Waals surface area contributed by atoms with E-state index in [2.05, 4.69) is 33.0 Å². The first-order valence-electron chi connectivity index (χ1n) is 12.7. The molecule has 0 saturated carbocycles. The predicted molar refractivity (Wildman–Crippen MR) is 153 cm³/mol. The molecule has 190 valence electrons. The maximum absolute atomic E-state index is 13.1. The molecule has 1 amide bonds. The van der Waals surface area contributed by atoms with Gasteiger partial charge < -0.3 is 9.80 Å². The number of halogens is 1. The van der Waals surface area contributed by atoms with Crippen molar-refractivity contribution in [2.24, 2.45) is 0 Å². The molecule has 0 N–H and O–H groups in total. The fourth-order valence-electron chi connectivity index (χ4n) is 4.94. The molecule has 2 aromatic heterocycles. The fourth-order valence-corrected chi connectivity index (χ4v) is 5.20. The van der Waals surface area contributed by atoms with Crippen LogP contribution in [0.3, 0.4) is 0 Å². The van der Waals surface area contributed by atoms with Gasteiger partial charge in [0.1, 0.15) is 11.6 Å². The SMILES string of the molecule is Cc1nn(-c2ccccc2)c2nc(Cc3ccccc3)nc(N3CCN(C(=O)c4ccc(Br)cc4)CC3)c12. The summed E-state index contributed by atoms with van der Waals surface area (Å²) in [7, 11) is 0. The van der Waals surface area contributed by atoms with Gasteiger partial charge in [-0.2, -0.15) is 5.10 Å². The number of benzene rings is 3. The van der Waals surface area contributed by atoms with Gasteiger partial charge in [0.2, 0.25) is 0 Å². The van der Waals surface area contributed by atoms with Crippen molar-refractivity contribution in [3.8, 4) is 5.69 Å². The van der Waals surface area contributed by atoms with Crippen LogP contribution in [0.15, 0.2) is 89.4 Å². The van der Waals surface area contributed by atoms with Crippen molar-refractivity contribution in [1.29, 1.82) is 0 Å². The lowest BCUT2D eigenvalue weighted by Gasteiger charge is -2.35. The summed E-state index contributed by atoms with van der Waals surface area (Å²) in [4.78, 5) is 27.4. The van der Waals surface area contributed by atoms with Crippen molar-refractivity contribution in [2.75, 3.05) is 31.1 Å². The highest BCUT2D eigenvalue weighted by molar-refractivity contribution is 9.10. The Balaban J connectivity index is 1.35. The minimum atomic E-state index is 0.0582. The first-order valence-corrected chi connectivity index (χ1v) is 13.5. The number of aromatic nitrogens is 4. The molecule has 5 aromatic rings. The van der Waals surface area contributed by atoms with Gasteiger partial charge in [0.05, 0.1) is 16.8 Å². The summed E-state index contributed by atoms with van der Waals surface area (Å²) in [5.41, 5.74) is 4.52. The molecule has 3 aromatic carbocycles. The van der Waals surface area contributed by atoms with E-state index in [0.29, 0.717) is 38.2 Å². The smallest absolute Gasteiger partial charge is 0.253 e. The Morgan fingerprint density at radius 1 is 0.842 bits per heavy atom. The lowest BCUT2D eigenvalue weighted by Crippen LogP contribution is -2.49. The number of para-hydroxylation sites is 1. The summed E-state index contributed by atoms with van der Waals surface area (Å²) in [5, 5.41) is 5.83. The molecule has 0 atom stereocenters. The van der Waals surface area contributed by atoms with Crippen LogP contribution in [0, 0.1) is 6.92 Å². The molecule has 1 aliphatic rings. The second kappa shape index (κ2) is 10.4. The van der Waals surface area contributed by atoms with E-state index in [1.54, 1.807) is 0 Å². The summed E-state index contributed by atoms with van der Waals surface area (Å²) < 4.78 is 2.88. The van der Waals surface area contributed by atoms with E-state index in [1.807, 2.05) is 89.3 Å². The molecule has 0 radical (unpaired) electrons. The quantitative estimate of drug-likeness (QED) is 0.283. The van der Waals surface area contributed by atoms with Gasteiger partial charge in [-0.15, -0.1) is 0 Å². The van der Waals surface area contributed by atoms with Crippen molar-refractivity contribution in [1.82, 2.24) is 24.6 Å². The van der Waals surface area contributed by atoms with Crippen LogP contribution in [0.25, 0.3) is 16.7 Å². The number of rotatable bonds is 5. The third kappa shape index (κ3) is 4.79. The molecular weight excluding hydrogens is 540 g/mol. The minimum absolute atomic E-state index is 0.0582. The molecule has 38 heavy (non-hydrogen) atoms. The zero-order valence-electron chi connectivity index (χ0n) is 21.1. The fraction of sp³-hybridized carbons (Fsp3) is 0.200. The number of nitrogens with zero attached hydrogens (tertiary/aromatic N) is 6. The number of carbonyl (C=O) groups excluding carboxylic acids is 1. The zero-order valence-corrected chi connectivity index (χ0v) is 22.7. The maximum atomic E-state index is 13.1. The summed E-state index contributed by atoms with van der Waals surface area (Å²) >= 11 is 3.44. The van der Waals surface area contributed by atoms with Crippen molar-refractivity contribution >= 4 is 38.7 Å². The monoisotopic (exact) mass is 566 g/mol. The van der Waals surface area contributed by atoms with Crippen LogP contribution in [0.5, 0.6) is 0 Å². The van der Waals surface area contributed by atoms with Crippen molar-refractivity contribution in [3.63, 3.8) is 0 Å². The van der Waals surface area contributed by atoms with Gasteiger partial charge in [0, 0.05) is 42.6 Å². The Bertz CT molecular complexity index is 1580. The second-order valence-electron chi connectivity index (χ2n) is 9.44. The Morgan fingerprint density at radius 3 is 2.18 bits per heavy atom. The second-order valence-corrected chi connectivity index (χ2v) is 10.4. The van der Waals surface area contributed by atoms with Crippen LogP contribution in [-0.2, 0) is 6.42 Å². The number of amides is 1.